The average Bonchev–Trinajstić information content (AvgIpc) is 2.77. The van der Waals surface area contributed by atoms with E-state index in [1.54, 1.807) is 11.3 Å². The second-order valence-electron chi connectivity index (χ2n) is 4.80. The number of nitrogens with zero attached hydrogens (tertiary/aromatic N) is 2. The second-order valence-corrected chi connectivity index (χ2v) is 5.75. The molecular formula is C13H20N2O2S. The number of rotatable bonds is 5. The molecule has 4 nitrogen and oxygen atoms in total. The van der Waals surface area contributed by atoms with Crippen LogP contribution in [0.15, 0.2) is 5.38 Å². The number of carbonyl (C=O) groups is 1. The summed E-state index contributed by atoms with van der Waals surface area (Å²) in [6.07, 6.45) is 5.00. The van der Waals surface area contributed by atoms with E-state index in [-0.39, 0.29) is 6.04 Å². The zero-order valence-electron chi connectivity index (χ0n) is 10.8. The number of hydrogen-bond donors (Lipinski definition) is 1. The summed E-state index contributed by atoms with van der Waals surface area (Å²) in [4.78, 5) is 17.8. The molecular weight excluding hydrogens is 248 g/mol. The van der Waals surface area contributed by atoms with Crippen LogP contribution in [0.25, 0.3) is 0 Å². The quantitative estimate of drug-likeness (QED) is 0.891. The van der Waals surface area contributed by atoms with Crippen LogP contribution < -0.4 is 0 Å². The Morgan fingerprint density at radius 2 is 2.44 bits per heavy atom. The van der Waals surface area contributed by atoms with Crippen LogP contribution in [-0.2, 0) is 17.8 Å². The molecule has 2 heterocycles. The predicted octanol–water partition coefficient (Wildman–Crippen LogP) is 2.53. The van der Waals surface area contributed by atoms with Gasteiger partial charge in [0.05, 0.1) is 10.7 Å². The number of piperidine rings is 1. The highest BCUT2D eigenvalue weighted by molar-refractivity contribution is 7.09. The van der Waals surface area contributed by atoms with E-state index in [4.69, 9.17) is 0 Å². The Labute approximate surface area is 112 Å². The van der Waals surface area contributed by atoms with Gasteiger partial charge in [-0.25, -0.2) is 4.98 Å². The first kappa shape index (κ1) is 13.5. The Morgan fingerprint density at radius 3 is 3.17 bits per heavy atom. The third kappa shape index (κ3) is 3.29. The van der Waals surface area contributed by atoms with Gasteiger partial charge in [0.2, 0.25) is 0 Å². The van der Waals surface area contributed by atoms with E-state index in [1.165, 1.54) is 0 Å². The summed E-state index contributed by atoms with van der Waals surface area (Å²) in [5.41, 5.74) is 1.02. The fraction of sp³-hybridized carbons (Fsp3) is 0.692. The van der Waals surface area contributed by atoms with E-state index in [0.29, 0.717) is 6.54 Å². The van der Waals surface area contributed by atoms with Crippen molar-refractivity contribution in [2.75, 3.05) is 6.54 Å². The van der Waals surface area contributed by atoms with Gasteiger partial charge < -0.3 is 5.11 Å². The minimum Gasteiger partial charge on any atom is -0.480 e. The van der Waals surface area contributed by atoms with Gasteiger partial charge in [0.25, 0.3) is 0 Å². The Morgan fingerprint density at radius 1 is 1.61 bits per heavy atom. The van der Waals surface area contributed by atoms with Crippen LogP contribution in [0.2, 0.25) is 0 Å². The summed E-state index contributed by atoms with van der Waals surface area (Å²) in [7, 11) is 0. The molecule has 1 unspecified atom stereocenters. The highest BCUT2D eigenvalue weighted by atomic mass is 32.1. The highest BCUT2D eigenvalue weighted by Gasteiger charge is 2.28. The maximum Gasteiger partial charge on any atom is 0.320 e. The number of aliphatic carboxylic acids is 1. The topological polar surface area (TPSA) is 53.4 Å². The van der Waals surface area contributed by atoms with E-state index in [9.17, 15) is 9.90 Å². The summed E-state index contributed by atoms with van der Waals surface area (Å²) < 4.78 is 0. The van der Waals surface area contributed by atoms with Crippen molar-refractivity contribution in [2.45, 2.75) is 51.6 Å². The Bertz CT molecular complexity index is 405. The van der Waals surface area contributed by atoms with E-state index in [0.717, 1.165) is 49.4 Å². The van der Waals surface area contributed by atoms with E-state index >= 15 is 0 Å². The average molecular weight is 268 g/mol. The number of hydrogen-bond acceptors (Lipinski definition) is 4. The van der Waals surface area contributed by atoms with Gasteiger partial charge in [-0.05, 0) is 32.2 Å². The van der Waals surface area contributed by atoms with Crippen molar-refractivity contribution >= 4 is 17.3 Å². The molecule has 2 rings (SSSR count). The lowest BCUT2D eigenvalue weighted by Crippen LogP contribution is -2.44. The van der Waals surface area contributed by atoms with Crippen molar-refractivity contribution in [3.63, 3.8) is 0 Å². The monoisotopic (exact) mass is 268 g/mol. The summed E-state index contributed by atoms with van der Waals surface area (Å²) in [6.45, 7) is 3.70. The number of likely N-dealkylation sites (tertiary alicyclic amines) is 1. The fourth-order valence-electron chi connectivity index (χ4n) is 2.42. The Kier molecular flexibility index (Phi) is 4.72. The number of thiazole rings is 1. The molecule has 1 fully saturated rings. The lowest BCUT2D eigenvalue weighted by Gasteiger charge is -2.32. The van der Waals surface area contributed by atoms with E-state index < -0.39 is 5.97 Å². The van der Waals surface area contributed by atoms with Crippen molar-refractivity contribution in [2.24, 2.45) is 0 Å². The molecule has 1 aromatic heterocycles. The predicted molar refractivity (Wildman–Crippen MR) is 71.8 cm³/mol. The van der Waals surface area contributed by atoms with Gasteiger partial charge in [0.1, 0.15) is 6.04 Å². The molecule has 0 spiro atoms. The first-order chi connectivity index (χ1) is 8.70. The molecule has 1 aliphatic rings. The zero-order valence-corrected chi connectivity index (χ0v) is 11.6. The summed E-state index contributed by atoms with van der Waals surface area (Å²) in [5, 5.41) is 12.4. The molecule has 0 aromatic carbocycles. The second kappa shape index (κ2) is 6.29. The summed E-state index contributed by atoms with van der Waals surface area (Å²) in [6, 6.07) is -0.324. The molecule has 1 aromatic rings. The number of aromatic nitrogens is 1. The molecule has 0 saturated carbocycles. The molecule has 0 bridgehead atoms. The number of carboxylic acids is 1. The molecule has 1 atom stereocenters. The summed E-state index contributed by atoms with van der Waals surface area (Å²) in [5.74, 6) is -0.696. The SMILES string of the molecule is CCCc1nc(CN2CCCCC2C(=O)O)cs1. The molecule has 0 radical (unpaired) electrons. The van der Waals surface area contributed by atoms with Crippen LogP contribution in [0.5, 0.6) is 0 Å². The van der Waals surface area contributed by atoms with E-state index in [1.807, 2.05) is 0 Å². The van der Waals surface area contributed by atoms with Gasteiger partial charge in [-0.2, -0.15) is 0 Å². The summed E-state index contributed by atoms with van der Waals surface area (Å²) >= 11 is 1.69. The molecule has 5 heteroatoms. The van der Waals surface area contributed by atoms with Crippen molar-refractivity contribution < 1.29 is 9.90 Å². The molecule has 0 amide bonds. The number of aryl methyl sites for hydroxylation is 1. The van der Waals surface area contributed by atoms with Crippen LogP contribution in [0.4, 0.5) is 0 Å². The van der Waals surface area contributed by atoms with Gasteiger partial charge >= 0.3 is 5.97 Å². The minimum atomic E-state index is -0.696. The fourth-order valence-corrected chi connectivity index (χ4v) is 3.31. The van der Waals surface area contributed by atoms with Gasteiger partial charge in [-0.3, -0.25) is 9.69 Å². The van der Waals surface area contributed by atoms with Crippen LogP contribution >= 0.6 is 11.3 Å². The smallest absolute Gasteiger partial charge is 0.320 e. The largest absolute Gasteiger partial charge is 0.480 e. The molecule has 1 saturated heterocycles. The lowest BCUT2D eigenvalue weighted by molar-refractivity contribution is -0.144. The Balaban J connectivity index is 1.99. The van der Waals surface area contributed by atoms with E-state index in [2.05, 4.69) is 22.2 Å². The van der Waals surface area contributed by atoms with Gasteiger partial charge in [-0.1, -0.05) is 13.3 Å². The molecule has 0 aliphatic carbocycles. The van der Waals surface area contributed by atoms with Gasteiger partial charge in [-0.15, -0.1) is 11.3 Å². The maximum atomic E-state index is 11.2. The normalized spacial score (nSPS) is 21.1. The minimum absolute atomic E-state index is 0.324. The van der Waals surface area contributed by atoms with Crippen molar-refractivity contribution in [3.05, 3.63) is 16.1 Å². The first-order valence-electron chi connectivity index (χ1n) is 6.61. The standard InChI is InChI=1S/C13H20N2O2S/c1-2-5-12-14-10(9-18-12)8-15-7-4-3-6-11(15)13(16)17/h9,11H,2-8H2,1H3,(H,16,17). The van der Waals surface area contributed by atoms with Crippen LogP contribution in [0, 0.1) is 0 Å². The third-order valence-electron chi connectivity index (χ3n) is 3.33. The molecule has 1 N–H and O–H groups in total. The van der Waals surface area contributed by atoms with Crippen molar-refractivity contribution in [1.29, 1.82) is 0 Å². The van der Waals surface area contributed by atoms with Crippen LogP contribution in [-0.4, -0.2) is 33.5 Å². The third-order valence-corrected chi connectivity index (χ3v) is 4.28. The lowest BCUT2D eigenvalue weighted by atomic mass is 10.0. The zero-order chi connectivity index (χ0) is 13.0. The molecule has 100 valence electrons. The van der Waals surface area contributed by atoms with Crippen LogP contribution in [0.3, 0.4) is 0 Å². The Hall–Kier alpha value is -0.940. The molecule has 18 heavy (non-hydrogen) atoms. The van der Waals surface area contributed by atoms with Crippen LogP contribution in [0.1, 0.15) is 43.3 Å². The maximum absolute atomic E-state index is 11.2. The highest BCUT2D eigenvalue weighted by Crippen LogP contribution is 2.21. The molecule has 1 aliphatic heterocycles. The number of carboxylic acid groups (broad SMARTS) is 1. The van der Waals surface area contributed by atoms with Crippen molar-refractivity contribution in [1.82, 2.24) is 9.88 Å². The van der Waals surface area contributed by atoms with Crippen molar-refractivity contribution in [3.8, 4) is 0 Å². The van der Waals surface area contributed by atoms with Gasteiger partial charge in [0, 0.05) is 11.9 Å². The van der Waals surface area contributed by atoms with Gasteiger partial charge in [0.15, 0.2) is 0 Å². The first-order valence-corrected chi connectivity index (χ1v) is 7.48.